The number of benzene rings is 1. The van der Waals surface area contributed by atoms with E-state index < -0.39 is 5.57 Å². The number of rotatable bonds is 3. The van der Waals surface area contributed by atoms with E-state index >= 15 is 0 Å². The summed E-state index contributed by atoms with van der Waals surface area (Å²) in [5.41, 5.74) is -2.31. The van der Waals surface area contributed by atoms with E-state index in [0.29, 0.717) is 21.8 Å². The lowest BCUT2D eigenvalue weighted by Crippen LogP contribution is -2.16. The van der Waals surface area contributed by atoms with Gasteiger partial charge in [-0.25, -0.2) is 4.45 Å². The zero-order chi connectivity index (χ0) is 13.5. The van der Waals surface area contributed by atoms with Crippen LogP contribution in [0.1, 0.15) is 5.56 Å². The molecule has 3 nitrogen and oxygen atoms in total. The van der Waals surface area contributed by atoms with Gasteiger partial charge in [-0.05, 0) is 56.5 Å². The molecule has 0 saturated heterocycles. The van der Waals surface area contributed by atoms with Crippen molar-refractivity contribution in [3.8, 4) is 5.75 Å². The minimum atomic E-state index is -3.73. The zero-order valence-electron chi connectivity index (χ0n) is 8.85. The van der Waals surface area contributed by atoms with Gasteiger partial charge in [0, 0.05) is 17.0 Å². The molecule has 98 valence electrons. The molecule has 2 rings (SSSR count). The van der Waals surface area contributed by atoms with Crippen molar-refractivity contribution in [3.63, 3.8) is 0 Å². The van der Waals surface area contributed by atoms with Gasteiger partial charge in [0.1, 0.15) is 5.75 Å². The van der Waals surface area contributed by atoms with E-state index in [-0.39, 0.29) is 5.75 Å². The summed E-state index contributed by atoms with van der Waals surface area (Å²) in [4.78, 5) is 0. The van der Waals surface area contributed by atoms with Gasteiger partial charge >= 0.3 is 5.57 Å². The number of fused-ring (bicyclic) bond motifs is 1. The standard InChI is InChI=1S/C9H6BrClF2IN2OP/c1-4-2-6-5(3-15-16(6)18-14)7(10)8(4)17-9(11,12)13/h2-3,18H,1H3. The van der Waals surface area contributed by atoms with Gasteiger partial charge in [0.05, 0.1) is 22.6 Å². The van der Waals surface area contributed by atoms with Crippen LogP contribution in [-0.4, -0.2) is 15.1 Å². The highest BCUT2D eigenvalue weighted by Gasteiger charge is 2.30. The van der Waals surface area contributed by atoms with Crippen LogP contribution in [0.4, 0.5) is 8.78 Å². The van der Waals surface area contributed by atoms with E-state index in [1.54, 1.807) is 23.6 Å². The third kappa shape index (κ3) is 2.89. The maximum atomic E-state index is 12.7. The Morgan fingerprint density at radius 3 is 2.83 bits per heavy atom. The summed E-state index contributed by atoms with van der Waals surface area (Å²) in [5.74, 6) is 0.0267. The van der Waals surface area contributed by atoms with Crippen LogP contribution in [0.3, 0.4) is 0 Å². The Balaban J connectivity index is 2.63. The van der Waals surface area contributed by atoms with Crippen LogP contribution in [0.5, 0.6) is 5.75 Å². The van der Waals surface area contributed by atoms with Crippen molar-refractivity contribution in [2.75, 3.05) is 0 Å². The highest BCUT2D eigenvalue weighted by Crippen LogP contribution is 2.41. The van der Waals surface area contributed by atoms with E-state index in [1.807, 2.05) is 0 Å². The molecule has 0 saturated carbocycles. The smallest absolute Gasteiger partial charge is 0.418 e. The number of halogens is 5. The van der Waals surface area contributed by atoms with Gasteiger partial charge in [-0.2, -0.15) is 5.10 Å². The van der Waals surface area contributed by atoms with E-state index in [2.05, 4.69) is 47.8 Å². The van der Waals surface area contributed by atoms with Gasteiger partial charge < -0.3 is 4.74 Å². The van der Waals surface area contributed by atoms with Gasteiger partial charge in [-0.15, -0.1) is 8.78 Å². The number of alkyl halides is 3. The molecule has 0 amide bonds. The minimum absolute atomic E-state index is 0.0267. The summed E-state index contributed by atoms with van der Waals surface area (Å²) < 4.78 is 32.2. The van der Waals surface area contributed by atoms with Gasteiger partial charge in [-0.1, -0.05) is 0 Å². The lowest BCUT2D eigenvalue weighted by Gasteiger charge is -2.15. The predicted octanol–water partition coefficient (Wildman–Crippen LogP) is 5.07. The number of hydrogen-bond acceptors (Lipinski definition) is 2. The predicted molar refractivity (Wildman–Crippen MR) is 81.3 cm³/mol. The first-order chi connectivity index (χ1) is 8.33. The largest absolute Gasteiger partial charge is 0.487 e. The second kappa shape index (κ2) is 5.34. The second-order valence-corrected chi connectivity index (χ2v) is 6.73. The van der Waals surface area contributed by atoms with Crippen molar-refractivity contribution < 1.29 is 13.5 Å². The summed E-state index contributed by atoms with van der Waals surface area (Å²) in [6.07, 6.45) is 2.03. The Labute approximate surface area is 130 Å². The zero-order valence-corrected chi connectivity index (χ0v) is 14.3. The molecule has 0 fully saturated rings. The fraction of sp³-hybridized carbons (Fsp3) is 0.222. The van der Waals surface area contributed by atoms with Crippen LogP contribution in [-0.2, 0) is 0 Å². The number of aryl methyl sites for hydroxylation is 1. The molecule has 1 atom stereocenters. The summed E-state index contributed by atoms with van der Waals surface area (Å²) in [6, 6.07) is 1.75. The van der Waals surface area contributed by atoms with E-state index in [4.69, 9.17) is 11.6 Å². The lowest BCUT2D eigenvalue weighted by molar-refractivity contribution is -0.0972. The molecule has 2 aromatic rings. The summed E-state index contributed by atoms with van der Waals surface area (Å²) in [6.45, 7) is 1.68. The number of nitrogens with zero attached hydrogens (tertiary/aromatic N) is 2. The highest BCUT2D eigenvalue weighted by atomic mass is 127. The quantitative estimate of drug-likeness (QED) is 0.357. The Morgan fingerprint density at radius 1 is 1.61 bits per heavy atom. The fourth-order valence-electron chi connectivity index (χ4n) is 1.54. The summed E-state index contributed by atoms with van der Waals surface area (Å²) >= 11 is 10.2. The van der Waals surface area contributed by atoms with Crippen LogP contribution in [0.25, 0.3) is 10.9 Å². The molecular weight excluding hydrogens is 463 g/mol. The molecule has 0 spiro atoms. The summed E-state index contributed by atoms with van der Waals surface area (Å²) in [5, 5.41) is 4.88. The van der Waals surface area contributed by atoms with Crippen LogP contribution in [0.15, 0.2) is 16.7 Å². The van der Waals surface area contributed by atoms with Crippen molar-refractivity contribution in [1.82, 2.24) is 9.55 Å². The van der Waals surface area contributed by atoms with Crippen LogP contribution in [0.2, 0.25) is 0 Å². The van der Waals surface area contributed by atoms with Crippen LogP contribution >= 0.6 is 55.9 Å². The monoisotopic (exact) mass is 468 g/mol. The van der Waals surface area contributed by atoms with Crippen LogP contribution < -0.4 is 4.74 Å². The van der Waals surface area contributed by atoms with Gasteiger partial charge in [0.25, 0.3) is 0 Å². The number of hydrogen-bond donors (Lipinski definition) is 0. The molecule has 1 unspecified atom stereocenters. The van der Waals surface area contributed by atoms with Crippen molar-refractivity contribution in [3.05, 3.63) is 22.3 Å². The van der Waals surface area contributed by atoms with Gasteiger partial charge in [0.2, 0.25) is 0 Å². The maximum absolute atomic E-state index is 12.7. The Bertz CT molecular complexity index is 604. The maximum Gasteiger partial charge on any atom is 0.487 e. The molecule has 0 radical (unpaired) electrons. The molecule has 0 aliphatic rings. The highest BCUT2D eigenvalue weighted by molar-refractivity contribution is 14.2. The summed E-state index contributed by atoms with van der Waals surface area (Å²) in [7, 11) is 0. The SMILES string of the molecule is Cc1cc2c(cnn2PI)c(Br)c1OC(F)(F)Cl. The first-order valence-corrected chi connectivity index (χ1v) is 9.86. The first-order valence-electron chi connectivity index (χ1n) is 4.62. The lowest BCUT2D eigenvalue weighted by atomic mass is 10.1. The average Bonchev–Trinajstić information content (AvgIpc) is 2.65. The topological polar surface area (TPSA) is 27.1 Å². The normalized spacial score (nSPS) is 12.8. The molecule has 0 aliphatic carbocycles. The third-order valence-corrected chi connectivity index (χ3v) is 5.00. The Hall–Kier alpha value is 0.280. The molecule has 9 heteroatoms. The molecular formula is C9H6BrClF2IN2OP. The van der Waals surface area contributed by atoms with Crippen LogP contribution in [0, 0.1) is 6.92 Å². The van der Waals surface area contributed by atoms with Crippen molar-refractivity contribution >= 4 is 66.8 Å². The molecule has 1 aromatic carbocycles. The van der Waals surface area contributed by atoms with E-state index in [1.165, 1.54) is 0 Å². The van der Waals surface area contributed by atoms with E-state index in [9.17, 15) is 8.78 Å². The third-order valence-electron chi connectivity index (χ3n) is 2.25. The fourth-order valence-corrected chi connectivity index (χ4v) is 3.85. The minimum Gasteiger partial charge on any atom is -0.418 e. The molecule has 1 heterocycles. The molecule has 0 aliphatic heterocycles. The number of ether oxygens (including phenoxy) is 1. The molecule has 1 aromatic heterocycles. The second-order valence-electron chi connectivity index (χ2n) is 3.46. The average molecular weight is 469 g/mol. The van der Waals surface area contributed by atoms with Gasteiger partial charge in [-0.3, -0.25) is 0 Å². The van der Waals surface area contributed by atoms with Gasteiger partial charge in [0.15, 0.2) is 0 Å². The van der Waals surface area contributed by atoms with Crippen molar-refractivity contribution in [1.29, 1.82) is 0 Å². The molecule has 18 heavy (non-hydrogen) atoms. The Kier molecular flexibility index (Phi) is 4.36. The number of aromatic nitrogens is 2. The van der Waals surface area contributed by atoms with Crippen molar-refractivity contribution in [2.24, 2.45) is 0 Å². The van der Waals surface area contributed by atoms with E-state index in [0.717, 1.165) is 5.52 Å². The van der Waals surface area contributed by atoms with Crippen molar-refractivity contribution in [2.45, 2.75) is 12.5 Å². The first kappa shape index (κ1) is 14.7. The Morgan fingerprint density at radius 2 is 2.28 bits per heavy atom. The molecule has 0 N–H and O–H groups in total. The molecule has 0 bridgehead atoms.